The summed E-state index contributed by atoms with van der Waals surface area (Å²) in [6.07, 6.45) is -0.791. The van der Waals surface area contributed by atoms with Crippen LogP contribution in [-0.2, 0) is 17.9 Å². The molecule has 0 aromatic heterocycles. The molecule has 124 valence electrons. The van der Waals surface area contributed by atoms with E-state index in [0.717, 1.165) is 0 Å². The predicted octanol–water partition coefficient (Wildman–Crippen LogP) is 2.27. The fourth-order valence-corrected chi connectivity index (χ4v) is 2.08. The second-order valence-corrected chi connectivity index (χ2v) is 5.20. The van der Waals surface area contributed by atoms with Gasteiger partial charge in [-0.3, -0.25) is 4.79 Å². The lowest BCUT2D eigenvalue weighted by Crippen LogP contribution is -2.36. The molecule has 0 saturated heterocycles. The molecule has 0 saturated carbocycles. The lowest BCUT2D eigenvalue weighted by Gasteiger charge is -2.15. The van der Waals surface area contributed by atoms with Gasteiger partial charge in [-0.1, -0.05) is 12.1 Å². The normalized spacial score (nSPS) is 11.4. The maximum absolute atomic E-state index is 13.7. The van der Waals surface area contributed by atoms with Gasteiger partial charge in [-0.25, -0.2) is 4.39 Å². The highest BCUT2D eigenvalue weighted by Gasteiger charge is 2.15. The van der Waals surface area contributed by atoms with E-state index < -0.39 is 17.8 Å². The van der Waals surface area contributed by atoms with Crippen LogP contribution in [0, 0.1) is 17.1 Å². The van der Waals surface area contributed by atoms with Crippen molar-refractivity contribution in [1.29, 1.82) is 5.26 Å². The second-order valence-electron chi connectivity index (χ2n) is 5.20. The largest absolute Gasteiger partial charge is 0.481 e. The Bertz CT molecular complexity index is 771. The molecule has 0 aliphatic heterocycles. The first-order chi connectivity index (χ1) is 11.5. The van der Waals surface area contributed by atoms with Crippen molar-refractivity contribution >= 4 is 5.91 Å². The van der Waals surface area contributed by atoms with Gasteiger partial charge in [0, 0.05) is 12.1 Å². The molecule has 1 amide bonds. The number of nitriles is 1. The van der Waals surface area contributed by atoms with Crippen molar-refractivity contribution < 1.29 is 19.0 Å². The third-order valence-corrected chi connectivity index (χ3v) is 3.39. The number of nitrogens with one attached hydrogen (secondary N) is 1. The average Bonchev–Trinajstić information content (AvgIpc) is 2.60. The Balaban J connectivity index is 1.95. The molecule has 0 radical (unpaired) electrons. The molecule has 0 spiro atoms. The summed E-state index contributed by atoms with van der Waals surface area (Å²) in [6, 6.07) is 12.7. The van der Waals surface area contributed by atoms with Gasteiger partial charge in [0.15, 0.2) is 6.10 Å². The summed E-state index contributed by atoms with van der Waals surface area (Å²) in [4.78, 5) is 12.1. The first kappa shape index (κ1) is 17.4. The van der Waals surface area contributed by atoms with Crippen molar-refractivity contribution in [2.75, 3.05) is 0 Å². The molecule has 5 nitrogen and oxygen atoms in total. The van der Waals surface area contributed by atoms with Gasteiger partial charge in [-0.05, 0) is 42.8 Å². The number of aliphatic hydroxyl groups excluding tert-OH is 1. The van der Waals surface area contributed by atoms with Gasteiger partial charge >= 0.3 is 0 Å². The maximum atomic E-state index is 13.7. The zero-order valence-electron chi connectivity index (χ0n) is 13.1. The van der Waals surface area contributed by atoms with Crippen LogP contribution in [0.4, 0.5) is 4.39 Å². The van der Waals surface area contributed by atoms with E-state index in [1.165, 1.54) is 18.2 Å². The van der Waals surface area contributed by atoms with Crippen molar-refractivity contribution in [1.82, 2.24) is 5.32 Å². The number of carbonyl (C=O) groups excluding carboxylic acids is 1. The van der Waals surface area contributed by atoms with Crippen LogP contribution in [-0.4, -0.2) is 17.1 Å². The first-order valence-corrected chi connectivity index (χ1v) is 7.36. The van der Waals surface area contributed by atoms with Gasteiger partial charge in [0.1, 0.15) is 11.6 Å². The molecule has 2 aromatic carbocycles. The van der Waals surface area contributed by atoms with Crippen molar-refractivity contribution in [3.63, 3.8) is 0 Å². The lowest BCUT2D eigenvalue weighted by atomic mass is 10.1. The van der Waals surface area contributed by atoms with Crippen LogP contribution in [0.3, 0.4) is 0 Å². The van der Waals surface area contributed by atoms with Crippen molar-refractivity contribution in [3.05, 3.63) is 65.0 Å². The van der Waals surface area contributed by atoms with E-state index in [-0.39, 0.29) is 18.7 Å². The van der Waals surface area contributed by atoms with Crippen LogP contribution in [0.2, 0.25) is 0 Å². The van der Waals surface area contributed by atoms with E-state index in [4.69, 9.17) is 15.1 Å². The summed E-state index contributed by atoms with van der Waals surface area (Å²) in [7, 11) is 0. The van der Waals surface area contributed by atoms with E-state index in [2.05, 4.69) is 5.32 Å². The monoisotopic (exact) mass is 328 g/mol. The number of nitrogens with zero attached hydrogens (tertiary/aromatic N) is 1. The number of benzene rings is 2. The van der Waals surface area contributed by atoms with Crippen LogP contribution < -0.4 is 10.1 Å². The highest BCUT2D eigenvalue weighted by Crippen LogP contribution is 2.15. The lowest BCUT2D eigenvalue weighted by molar-refractivity contribution is -0.127. The molecule has 2 aromatic rings. The summed E-state index contributed by atoms with van der Waals surface area (Å²) >= 11 is 0. The molecule has 1 unspecified atom stereocenters. The standard InChI is InChI=1S/C18H17FN2O3/c1-12(24-16-4-2-3-14(8-16)11-22)18(23)21-10-15-7-13(9-20)5-6-17(15)19/h2-8,12,22H,10-11H2,1H3,(H,21,23). The highest BCUT2D eigenvalue weighted by molar-refractivity contribution is 5.80. The Kier molecular flexibility index (Phi) is 5.88. The number of carbonyl (C=O) groups is 1. The number of aliphatic hydroxyl groups is 1. The number of halogens is 1. The fraction of sp³-hybridized carbons (Fsp3) is 0.222. The maximum Gasteiger partial charge on any atom is 0.261 e. The van der Waals surface area contributed by atoms with Crippen LogP contribution in [0.1, 0.15) is 23.6 Å². The number of hydrogen-bond donors (Lipinski definition) is 2. The van der Waals surface area contributed by atoms with Crippen LogP contribution >= 0.6 is 0 Å². The van der Waals surface area contributed by atoms with Crippen molar-refractivity contribution in [2.45, 2.75) is 26.2 Å². The molecule has 6 heteroatoms. The molecular formula is C18H17FN2O3. The molecule has 0 aliphatic carbocycles. The minimum Gasteiger partial charge on any atom is -0.481 e. The second kappa shape index (κ2) is 8.09. The van der Waals surface area contributed by atoms with Gasteiger partial charge in [-0.2, -0.15) is 5.26 Å². The summed E-state index contributed by atoms with van der Waals surface area (Å²) < 4.78 is 19.2. The Hall–Kier alpha value is -2.91. The fourth-order valence-electron chi connectivity index (χ4n) is 2.08. The SMILES string of the molecule is CC(Oc1cccc(CO)c1)C(=O)NCc1cc(C#N)ccc1F. The molecule has 0 heterocycles. The Labute approximate surface area is 139 Å². The smallest absolute Gasteiger partial charge is 0.261 e. The zero-order valence-corrected chi connectivity index (χ0v) is 13.1. The number of hydrogen-bond acceptors (Lipinski definition) is 4. The van der Waals surface area contributed by atoms with Crippen LogP contribution in [0.25, 0.3) is 0 Å². The predicted molar refractivity (Wildman–Crippen MR) is 85.4 cm³/mol. The Morgan fingerprint density at radius 3 is 2.88 bits per heavy atom. The van der Waals surface area contributed by atoms with Gasteiger partial charge in [0.2, 0.25) is 0 Å². The average molecular weight is 328 g/mol. The summed E-state index contributed by atoms with van der Waals surface area (Å²) in [5.74, 6) is -0.438. The topological polar surface area (TPSA) is 82.3 Å². The molecule has 0 fully saturated rings. The van der Waals surface area contributed by atoms with Crippen LogP contribution in [0.5, 0.6) is 5.75 Å². The zero-order chi connectivity index (χ0) is 17.5. The van der Waals surface area contributed by atoms with Crippen molar-refractivity contribution in [2.24, 2.45) is 0 Å². The molecule has 0 aliphatic rings. The quantitative estimate of drug-likeness (QED) is 0.852. The molecule has 24 heavy (non-hydrogen) atoms. The Morgan fingerprint density at radius 2 is 2.17 bits per heavy atom. The number of amides is 1. The number of ether oxygens (including phenoxy) is 1. The Morgan fingerprint density at radius 1 is 1.38 bits per heavy atom. The minimum atomic E-state index is -0.791. The number of rotatable bonds is 6. The van der Waals surface area contributed by atoms with E-state index in [1.807, 2.05) is 6.07 Å². The van der Waals surface area contributed by atoms with Gasteiger partial charge in [0.25, 0.3) is 5.91 Å². The summed E-state index contributed by atoms with van der Waals surface area (Å²) in [5, 5.41) is 20.5. The summed E-state index contributed by atoms with van der Waals surface area (Å²) in [5.41, 5.74) is 1.23. The van der Waals surface area contributed by atoms with Crippen molar-refractivity contribution in [3.8, 4) is 11.8 Å². The van der Waals surface area contributed by atoms with Gasteiger partial charge in [-0.15, -0.1) is 0 Å². The van der Waals surface area contributed by atoms with E-state index >= 15 is 0 Å². The first-order valence-electron chi connectivity index (χ1n) is 7.36. The molecule has 2 rings (SSSR count). The summed E-state index contributed by atoms with van der Waals surface area (Å²) in [6.45, 7) is 1.42. The molecule has 1 atom stereocenters. The highest BCUT2D eigenvalue weighted by atomic mass is 19.1. The van der Waals surface area contributed by atoms with E-state index in [0.29, 0.717) is 16.9 Å². The van der Waals surface area contributed by atoms with Gasteiger partial charge < -0.3 is 15.2 Å². The third-order valence-electron chi connectivity index (χ3n) is 3.39. The molecule has 2 N–H and O–H groups in total. The minimum absolute atomic E-state index is 0.0371. The third kappa shape index (κ3) is 4.54. The van der Waals surface area contributed by atoms with E-state index in [9.17, 15) is 9.18 Å². The molecule has 0 bridgehead atoms. The molecular weight excluding hydrogens is 311 g/mol. The van der Waals surface area contributed by atoms with Crippen LogP contribution in [0.15, 0.2) is 42.5 Å². The van der Waals surface area contributed by atoms with Gasteiger partial charge in [0.05, 0.1) is 18.2 Å². The van der Waals surface area contributed by atoms with E-state index in [1.54, 1.807) is 31.2 Å².